The summed E-state index contributed by atoms with van der Waals surface area (Å²) in [6.45, 7) is 3.54. The third kappa shape index (κ3) is 2.87. The standard InChI is InChI=1S/C13H19N5O2/c1-7-6-10(8(2)17-16-7)13(19)15-11-5-3-4-9(11)12(14)18-20/h6,9,11,20H,3-5H2,1-2H3,(H2,14,18)(H,15,19). The zero-order valence-electron chi connectivity index (χ0n) is 11.6. The first kappa shape index (κ1) is 14.2. The van der Waals surface area contributed by atoms with E-state index >= 15 is 0 Å². The zero-order valence-corrected chi connectivity index (χ0v) is 11.6. The van der Waals surface area contributed by atoms with E-state index in [0.717, 1.165) is 19.3 Å². The number of carbonyl (C=O) groups excluding carboxylic acids is 1. The predicted octanol–water partition coefficient (Wildman–Crippen LogP) is 0.738. The Morgan fingerprint density at radius 1 is 1.45 bits per heavy atom. The minimum absolute atomic E-state index is 0.105. The summed E-state index contributed by atoms with van der Waals surface area (Å²) < 4.78 is 0. The van der Waals surface area contributed by atoms with E-state index in [-0.39, 0.29) is 23.7 Å². The number of hydrogen-bond acceptors (Lipinski definition) is 5. The molecule has 7 heteroatoms. The quantitative estimate of drug-likeness (QED) is 0.326. The largest absolute Gasteiger partial charge is 0.409 e. The number of amidine groups is 1. The van der Waals surface area contributed by atoms with Crippen LogP contribution in [0, 0.1) is 19.8 Å². The number of aromatic nitrogens is 2. The number of nitrogens with one attached hydrogen (secondary N) is 1. The lowest BCUT2D eigenvalue weighted by Gasteiger charge is -2.20. The highest BCUT2D eigenvalue weighted by atomic mass is 16.4. The van der Waals surface area contributed by atoms with E-state index in [9.17, 15) is 4.79 Å². The number of amides is 1. The molecule has 4 N–H and O–H groups in total. The summed E-state index contributed by atoms with van der Waals surface area (Å²) >= 11 is 0. The van der Waals surface area contributed by atoms with Gasteiger partial charge in [0, 0.05) is 12.0 Å². The molecular formula is C13H19N5O2. The Hall–Kier alpha value is -2.18. The van der Waals surface area contributed by atoms with Gasteiger partial charge in [-0.1, -0.05) is 11.6 Å². The third-order valence-electron chi connectivity index (χ3n) is 3.67. The Labute approximate surface area is 117 Å². The Morgan fingerprint density at radius 2 is 2.20 bits per heavy atom. The fraction of sp³-hybridized carbons (Fsp3) is 0.538. The molecule has 1 aliphatic rings. The van der Waals surface area contributed by atoms with Crippen LogP contribution in [-0.4, -0.2) is 33.2 Å². The van der Waals surface area contributed by atoms with Gasteiger partial charge in [-0.15, -0.1) is 0 Å². The summed E-state index contributed by atoms with van der Waals surface area (Å²) in [6.07, 6.45) is 2.58. The molecule has 0 aromatic carbocycles. The van der Waals surface area contributed by atoms with Crippen LogP contribution in [0.1, 0.15) is 41.0 Å². The van der Waals surface area contributed by atoms with Gasteiger partial charge in [0.1, 0.15) is 5.84 Å². The number of hydrogen-bond donors (Lipinski definition) is 3. The van der Waals surface area contributed by atoms with Gasteiger partial charge in [0.25, 0.3) is 5.91 Å². The van der Waals surface area contributed by atoms with E-state index in [1.165, 1.54) is 0 Å². The van der Waals surface area contributed by atoms with Crippen LogP contribution in [-0.2, 0) is 0 Å². The molecule has 1 aromatic heterocycles. The summed E-state index contributed by atoms with van der Waals surface area (Å²) in [5.41, 5.74) is 7.46. The van der Waals surface area contributed by atoms with Gasteiger partial charge in [-0.25, -0.2) is 0 Å². The minimum atomic E-state index is -0.192. The van der Waals surface area contributed by atoms with Crippen molar-refractivity contribution in [1.82, 2.24) is 15.5 Å². The van der Waals surface area contributed by atoms with Gasteiger partial charge in [-0.05, 0) is 32.8 Å². The van der Waals surface area contributed by atoms with E-state index in [1.807, 2.05) is 0 Å². The molecule has 0 radical (unpaired) electrons. The highest BCUT2D eigenvalue weighted by Gasteiger charge is 2.32. The summed E-state index contributed by atoms with van der Waals surface area (Å²) in [7, 11) is 0. The van der Waals surface area contributed by atoms with Crippen molar-refractivity contribution in [2.75, 3.05) is 0 Å². The topological polar surface area (TPSA) is 113 Å². The molecule has 0 saturated heterocycles. The Balaban J connectivity index is 2.13. The van der Waals surface area contributed by atoms with Crippen LogP contribution in [0.2, 0.25) is 0 Å². The lowest BCUT2D eigenvalue weighted by molar-refractivity contribution is 0.0932. The minimum Gasteiger partial charge on any atom is -0.409 e. The van der Waals surface area contributed by atoms with Crippen molar-refractivity contribution in [2.45, 2.75) is 39.2 Å². The molecule has 2 unspecified atom stereocenters. The molecule has 1 saturated carbocycles. The molecule has 2 rings (SSSR count). The predicted molar refractivity (Wildman–Crippen MR) is 73.5 cm³/mol. The smallest absolute Gasteiger partial charge is 0.253 e. The number of nitrogens with zero attached hydrogens (tertiary/aromatic N) is 3. The van der Waals surface area contributed by atoms with E-state index in [0.29, 0.717) is 17.0 Å². The van der Waals surface area contributed by atoms with Crippen LogP contribution in [0.3, 0.4) is 0 Å². The van der Waals surface area contributed by atoms with E-state index in [2.05, 4.69) is 20.7 Å². The van der Waals surface area contributed by atoms with Crippen LogP contribution in [0.25, 0.3) is 0 Å². The molecule has 0 spiro atoms. The second-order valence-electron chi connectivity index (χ2n) is 5.13. The van der Waals surface area contributed by atoms with Gasteiger partial charge in [-0.2, -0.15) is 10.2 Å². The number of rotatable bonds is 3. The van der Waals surface area contributed by atoms with Crippen LogP contribution in [0.4, 0.5) is 0 Å². The molecule has 2 atom stereocenters. The molecule has 1 amide bonds. The van der Waals surface area contributed by atoms with Crippen molar-refractivity contribution < 1.29 is 10.0 Å². The normalized spacial score (nSPS) is 22.8. The van der Waals surface area contributed by atoms with E-state index in [4.69, 9.17) is 10.9 Å². The molecular weight excluding hydrogens is 258 g/mol. The second-order valence-corrected chi connectivity index (χ2v) is 5.13. The fourth-order valence-electron chi connectivity index (χ4n) is 2.59. The van der Waals surface area contributed by atoms with Gasteiger partial charge < -0.3 is 16.3 Å². The highest BCUT2D eigenvalue weighted by molar-refractivity contribution is 5.96. The van der Waals surface area contributed by atoms with Crippen molar-refractivity contribution in [3.8, 4) is 0 Å². The SMILES string of the molecule is Cc1cc(C(=O)NC2CCCC2/C(N)=N/O)c(C)nn1. The van der Waals surface area contributed by atoms with Crippen LogP contribution in [0.5, 0.6) is 0 Å². The number of nitrogens with two attached hydrogens (primary N) is 1. The van der Waals surface area contributed by atoms with E-state index in [1.54, 1.807) is 19.9 Å². The maximum absolute atomic E-state index is 12.3. The van der Waals surface area contributed by atoms with Gasteiger partial charge in [0.15, 0.2) is 0 Å². The van der Waals surface area contributed by atoms with Crippen molar-refractivity contribution >= 4 is 11.7 Å². The Morgan fingerprint density at radius 3 is 2.90 bits per heavy atom. The molecule has 20 heavy (non-hydrogen) atoms. The molecule has 1 heterocycles. The first-order valence-electron chi connectivity index (χ1n) is 6.62. The van der Waals surface area contributed by atoms with Crippen LogP contribution >= 0.6 is 0 Å². The first-order valence-corrected chi connectivity index (χ1v) is 6.62. The summed E-state index contributed by atoms with van der Waals surface area (Å²) in [4.78, 5) is 12.3. The average molecular weight is 277 g/mol. The molecule has 7 nitrogen and oxygen atoms in total. The number of carbonyl (C=O) groups is 1. The second kappa shape index (κ2) is 5.85. The lowest BCUT2D eigenvalue weighted by atomic mass is 10.0. The van der Waals surface area contributed by atoms with Crippen molar-refractivity contribution in [3.63, 3.8) is 0 Å². The Bertz CT molecular complexity index is 544. The zero-order chi connectivity index (χ0) is 14.7. The summed E-state index contributed by atoms with van der Waals surface area (Å²) in [5.74, 6) is -0.128. The van der Waals surface area contributed by atoms with Crippen LogP contribution < -0.4 is 11.1 Å². The number of oxime groups is 1. The average Bonchev–Trinajstić information content (AvgIpc) is 2.88. The molecule has 108 valence electrons. The summed E-state index contributed by atoms with van der Waals surface area (Å²) in [5, 5.41) is 22.6. The molecule has 1 aliphatic carbocycles. The summed E-state index contributed by atoms with van der Waals surface area (Å²) in [6, 6.07) is 1.61. The molecule has 1 aromatic rings. The van der Waals surface area contributed by atoms with Gasteiger partial charge in [0.05, 0.1) is 17.0 Å². The maximum atomic E-state index is 12.3. The third-order valence-corrected chi connectivity index (χ3v) is 3.67. The van der Waals surface area contributed by atoms with Crippen molar-refractivity contribution in [3.05, 3.63) is 23.0 Å². The van der Waals surface area contributed by atoms with Crippen molar-refractivity contribution in [2.24, 2.45) is 16.8 Å². The van der Waals surface area contributed by atoms with E-state index < -0.39 is 0 Å². The molecule has 0 aliphatic heterocycles. The molecule has 0 bridgehead atoms. The maximum Gasteiger partial charge on any atom is 0.253 e. The number of aryl methyl sites for hydroxylation is 2. The monoisotopic (exact) mass is 277 g/mol. The van der Waals surface area contributed by atoms with Gasteiger partial charge >= 0.3 is 0 Å². The van der Waals surface area contributed by atoms with Gasteiger partial charge in [-0.3, -0.25) is 4.79 Å². The highest BCUT2D eigenvalue weighted by Crippen LogP contribution is 2.26. The first-order chi connectivity index (χ1) is 9.52. The Kier molecular flexibility index (Phi) is 4.16. The fourth-order valence-corrected chi connectivity index (χ4v) is 2.59. The molecule has 1 fully saturated rings. The van der Waals surface area contributed by atoms with Crippen molar-refractivity contribution in [1.29, 1.82) is 0 Å². The van der Waals surface area contributed by atoms with Gasteiger partial charge in [0.2, 0.25) is 0 Å². The lowest BCUT2D eigenvalue weighted by Crippen LogP contribution is -2.42. The van der Waals surface area contributed by atoms with Crippen LogP contribution in [0.15, 0.2) is 11.2 Å².